The van der Waals surface area contributed by atoms with Crippen LogP contribution in [0.25, 0.3) is 0 Å². The average Bonchev–Trinajstić information content (AvgIpc) is 2.16. The minimum absolute atomic E-state index is 1.05. The number of rotatable bonds is 0. The highest BCUT2D eigenvalue weighted by Crippen LogP contribution is 1.75. The molecule has 8 nitrogen and oxygen atoms in total. The zero-order valence-corrected chi connectivity index (χ0v) is 8.06. The third kappa shape index (κ3) is 6.37. The third-order valence-electron chi connectivity index (χ3n) is 1.24. The van der Waals surface area contributed by atoms with Gasteiger partial charge < -0.3 is 0 Å². The number of aryl methyl sites for hydroxylation is 2. The Hall–Kier alpha value is -0.800. The molecule has 76 valence electrons. The second-order valence-corrected chi connectivity index (χ2v) is 2.91. The molecule has 0 amide bonds. The standard InChI is InChI=1S/C4H9N4.ClHO4/c1-4-7(2)5-6-8(4)3;2-1(3,4)5/h1-3H3;(H,2,3,4,5)/q+1;/p-1. The van der Waals surface area contributed by atoms with E-state index in [1.807, 2.05) is 21.0 Å². The van der Waals surface area contributed by atoms with Gasteiger partial charge in [0.15, 0.2) is 5.21 Å². The zero-order valence-electron chi connectivity index (χ0n) is 7.30. The molecule has 0 aromatic carbocycles. The van der Waals surface area contributed by atoms with Gasteiger partial charge in [-0.25, -0.2) is 18.6 Å². The highest BCUT2D eigenvalue weighted by atomic mass is 35.7. The quantitative estimate of drug-likeness (QED) is 0.394. The summed E-state index contributed by atoms with van der Waals surface area (Å²) in [6.07, 6.45) is 0. The number of tetrazole rings is 1. The Labute approximate surface area is 76.4 Å². The highest BCUT2D eigenvalue weighted by Gasteiger charge is 2.05. The molecule has 9 heteroatoms. The summed E-state index contributed by atoms with van der Waals surface area (Å²) in [7, 11) is -1.22. The van der Waals surface area contributed by atoms with Crippen LogP contribution >= 0.6 is 0 Å². The van der Waals surface area contributed by atoms with Crippen molar-refractivity contribution in [2.75, 3.05) is 0 Å². The lowest BCUT2D eigenvalue weighted by Crippen LogP contribution is -2.68. The van der Waals surface area contributed by atoms with Crippen LogP contribution in [0.5, 0.6) is 0 Å². The second kappa shape index (κ2) is 4.44. The van der Waals surface area contributed by atoms with E-state index in [9.17, 15) is 0 Å². The van der Waals surface area contributed by atoms with Crippen molar-refractivity contribution in [2.24, 2.45) is 14.1 Å². The SMILES string of the molecule is Cc1n(C)nn[n+]1C.[O-][Cl+3]([O-])([O-])[O-]. The van der Waals surface area contributed by atoms with E-state index in [2.05, 4.69) is 10.4 Å². The second-order valence-electron chi connectivity index (χ2n) is 2.15. The van der Waals surface area contributed by atoms with E-state index in [0.717, 1.165) is 5.82 Å². The van der Waals surface area contributed by atoms with E-state index in [1.54, 1.807) is 9.36 Å². The molecule has 0 atom stereocenters. The topological polar surface area (TPSA) is 127 Å². The van der Waals surface area contributed by atoms with Crippen LogP contribution in [0, 0.1) is 17.2 Å². The zero-order chi connectivity index (χ0) is 10.6. The van der Waals surface area contributed by atoms with Crippen LogP contribution in [0.4, 0.5) is 0 Å². The van der Waals surface area contributed by atoms with Crippen molar-refractivity contribution in [3.8, 4) is 0 Å². The molecular formula is C4H9ClN4O4. The van der Waals surface area contributed by atoms with Gasteiger partial charge in [0, 0.05) is 6.92 Å². The molecule has 0 saturated heterocycles. The Morgan fingerprint density at radius 3 is 1.77 bits per heavy atom. The van der Waals surface area contributed by atoms with Crippen LogP contribution in [0.15, 0.2) is 0 Å². The monoisotopic (exact) mass is 212 g/mol. The molecule has 1 aromatic heterocycles. The average molecular weight is 213 g/mol. The van der Waals surface area contributed by atoms with Gasteiger partial charge in [-0.2, -0.15) is 0 Å². The van der Waals surface area contributed by atoms with E-state index in [-0.39, 0.29) is 0 Å². The number of hydrogen-bond donors (Lipinski definition) is 0. The minimum Gasteiger partial charge on any atom is -0.222 e. The summed E-state index contributed by atoms with van der Waals surface area (Å²) in [6.45, 7) is 1.96. The lowest BCUT2D eigenvalue weighted by atomic mass is 10.7. The Morgan fingerprint density at radius 2 is 1.69 bits per heavy atom. The van der Waals surface area contributed by atoms with Crippen molar-refractivity contribution in [3.05, 3.63) is 5.82 Å². The molecule has 1 rings (SSSR count). The molecule has 0 aliphatic carbocycles. The largest absolute Gasteiger partial charge is 0.253 e. The first-order valence-electron chi connectivity index (χ1n) is 3.06. The highest BCUT2D eigenvalue weighted by molar-refractivity contribution is 4.59. The summed E-state index contributed by atoms with van der Waals surface area (Å²) in [6, 6.07) is 0. The van der Waals surface area contributed by atoms with E-state index in [4.69, 9.17) is 18.6 Å². The fourth-order valence-corrected chi connectivity index (χ4v) is 0.459. The molecule has 13 heavy (non-hydrogen) atoms. The van der Waals surface area contributed by atoms with Gasteiger partial charge in [-0.05, 0) is 0 Å². The molecule has 0 radical (unpaired) electrons. The molecule has 0 aliphatic rings. The number of hydrogen-bond acceptors (Lipinski definition) is 6. The number of halogens is 1. The van der Waals surface area contributed by atoms with E-state index in [0.29, 0.717) is 0 Å². The molecule has 0 unspecified atom stereocenters. The normalized spacial score (nSPS) is 10.7. The van der Waals surface area contributed by atoms with Crippen molar-refractivity contribution >= 4 is 0 Å². The first kappa shape index (κ1) is 12.2. The van der Waals surface area contributed by atoms with Crippen LogP contribution in [0.2, 0.25) is 0 Å². The van der Waals surface area contributed by atoms with Gasteiger partial charge in [-0.1, -0.05) is 4.68 Å². The van der Waals surface area contributed by atoms with E-state index >= 15 is 0 Å². The Morgan fingerprint density at radius 1 is 1.31 bits per heavy atom. The maximum Gasteiger partial charge on any atom is 0.253 e. The van der Waals surface area contributed by atoms with Crippen molar-refractivity contribution in [3.63, 3.8) is 0 Å². The fourth-order valence-electron chi connectivity index (χ4n) is 0.459. The van der Waals surface area contributed by atoms with Gasteiger partial charge in [0.2, 0.25) is 0 Å². The lowest BCUT2D eigenvalue weighted by molar-refractivity contribution is -2.00. The van der Waals surface area contributed by atoms with Gasteiger partial charge in [-0.3, -0.25) is 0 Å². The maximum absolute atomic E-state index is 8.49. The maximum atomic E-state index is 8.49. The third-order valence-corrected chi connectivity index (χ3v) is 1.24. The summed E-state index contributed by atoms with van der Waals surface area (Å²) in [5.74, 6) is 1.05. The molecule has 0 N–H and O–H groups in total. The molecule has 0 bridgehead atoms. The summed E-state index contributed by atoms with van der Waals surface area (Å²) in [5, 5.41) is 7.49. The minimum atomic E-state index is -4.94. The predicted molar refractivity (Wildman–Crippen MR) is 26.9 cm³/mol. The summed E-state index contributed by atoms with van der Waals surface area (Å²) in [5.41, 5.74) is 0. The number of aromatic nitrogens is 4. The fraction of sp³-hybridized carbons (Fsp3) is 0.750. The summed E-state index contributed by atoms with van der Waals surface area (Å²) < 4.78 is 37.4. The van der Waals surface area contributed by atoms with Crippen molar-refractivity contribution in [1.29, 1.82) is 0 Å². The summed E-state index contributed by atoms with van der Waals surface area (Å²) >= 11 is 0. The van der Waals surface area contributed by atoms with Crippen LogP contribution < -0.4 is 23.3 Å². The van der Waals surface area contributed by atoms with Gasteiger partial charge >= 0.3 is 0 Å². The van der Waals surface area contributed by atoms with Crippen LogP contribution in [-0.2, 0) is 14.1 Å². The Bertz CT molecular complexity index is 244. The van der Waals surface area contributed by atoms with Crippen LogP contribution in [0.1, 0.15) is 5.82 Å². The van der Waals surface area contributed by atoms with Crippen LogP contribution in [-0.4, -0.2) is 15.1 Å². The van der Waals surface area contributed by atoms with Gasteiger partial charge in [0.1, 0.15) is 5.21 Å². The predicted octanol–water partition coefficient (Wildman–Crippen LogP) is -5.81. The smallest absolute Gasteiger partial charge is 0.222 e. The van der Waals surface area contributed by atoms with Crippen molar-refractivity contribution in [1.82, 2.24) is 15.1 Å². The van der Waals surface area contributed by atoms with E-state index in [1.165, 1.54) is 0 Å². The molecule has 0 saturated carbocycles. The van der Waals surface area contributed by atoms with Gasteiger partial charge in [0.25, 0.3) is 5.82 Å². The first-order chi connectivity index (χ1) is 5.72. The Kier molecular flexibility index (Phi) is 4.17. The molecule has 0 aliphatic heterocycles. The van der Waals surface area contributed by atoms with Crippen molar-refractivity contribution < 1.29 is 33.6 Å². The Balaban J connectivity index is 0.000000252. The summed E-state index contributed by atoms with van der Waals surface area (Å²) in [4.78, 5) is 0. The molecular weight excluding hydrogens is 204 g/mol. The molecule has 1 heterocycles. The van der Waals surface area contributed by atoms with Crippen molar-refractivity contribution in [2.45, 2.75) is 6.92 Å². The van der Waals surface area contributed by atoms with Crippen LogP contribution in [0.3, 0.4) is 0 Å². The molecule has 1 aromatic rings. The molecule has 0 spiro atoms. The van der Waals surface area contributed by atoms with E-state index < -0.39 is 10.2 Å². The first-order valence-corrected chi connectivity index (χ1v) is 4.29. The van der Waals surface area contributed by atoms with Gasteiger partial charge in [0.05, 0.1) is 14.1 Å². The molecule has 0 fully saturated rings. The van der Waals surface area contributed by atoms with Gasteiger partial charge in [-0.15, -0.1) is 14.9 Å². The lowest BCUT2D eigenvalue weighted by Gasteiger charge is -2.17. The number of nitrogens with zero attached hydrogens (tertiary/aromatic N) is 4.